The molecule has 0 saturated carbocycles. The minimum absolute atomic E-state index is 0. The molecule has 0 aliphatic rings. The molecule has 0 atom stereocenters. The summed E-state index contributed by atoms with van der Waals surface area (Å²) in [5.74, 6) is 6.12. The molecule has 3 nitrogen and oxygen atoms in total. The van der Waals surface area contributed by atoms with E-state index in [1.165, 1.54) is 0 Å². The molecule has 0 aliphatic carbocycles. The Kier molecular flexibility index (Phi) is 20.3. The van der Waals surface area contributed by atoms with E-state index in [2.05, 4.69) is 28.5 Å². The molecule has 0 unspecified atom stereocenters. The Morgan fingerprint density at radius 2 is 1.37 bits per heavy atom. The minimum atomic E-state index is -0.0751. The van der Waals surface area contributed by atoms with Gasteiger partial charge in [-0.05, 0) is 32.4 Å². The van der Waals surface area contributed by atoms with Gasteiger partial charge < -0.3 is 30.9 Å². The van der Waals surface area contributed by atoms with Crippen LogP contribution in [-0.2, 0) is 61.3 Å². The van der Waals surface area contributed by atoms with Crippen LogP contribution in [0.3, 0.4) is 0 Å². The normalized spacial score (nSPS) is 9.00. The number of rotatable bonds is 2. The van der Waals surface area contributed by atoms with Crippen molar-refractivity contribution in [1.29, 1.82) is 0 Å². The maximum absolute atomic E-state index is 7.82. The van der Waals surface area contributed by atoms with E-state index >= 15 is 0 Å². The number of benzene rings is 2. The molecule has 6 heteroatoms. The van der Waals surface area contributed by atoms with Gasteiger partial charge in [0.05, 0.1) is 0 Å². The van der Waals surface area contributed by atoms with Gasteiger partial charge in [-0.1, -0.05) is 60.3 Å². The van der Waals surface area contributed by atoms with Crippen LogP contribution in [0.25, 0.3) is 5.73 Å². The van der Waals surface area contributed by atoms with E-state index in [-0.39, 0.29) is 81.7 Å². The van der Waals surface area contributed by atoms with E-state index in [9.17, 15) is 0 Å². The molecule has 2 aromatic carbocycles. The summed E-state index contributed by atoms with van der Waals surface area (Å²) in [5.41, 5.74) is 10.5. The maximum atomic E-state index is 7.82. The van der Waals surface area contributed by atoms with Crippen molar-refractivity contribution in [3.63, 3.8) is 0 Å². The van der Waals surface area contributed by atoms with Crippen molar-refractivity contribution in [2.75, 3.05) is 0 Å². The Labute approximate surface area is 206 Å². The smallest absolute Gasteiger partial charge is 0.698 e. The van der Waals surface area contributed by atoms with E-state index < -0.39 is 0 Å². The van der Waals surface area contributed by atoms with Crippen LogP contribution >= 0.6 is 0 Å². The largest absolute Gasteiger partial charge is 2.00 e. The van der Waals surface area contributed by atoms with Gasteiger partial charge in [0, 0.05) is 31.5 Å². The van der Waals surface area contributed by atoms with Crippen molar-refractivity contribution < 1.29 is 61.3 Å². The number of hydrogen-bond donors (Lipinski definition) is 1. The third-order valence-corrected chi connectivity index (χ3v) is 2.77. The first-order valence-electron chi connectivity index (χ1n) is 7.10. The molecule has 0 bridgehead atoms. The predicted molar refractivity (Wildman–Crippen MR) is 106 cm³/mol. The third-order valence-electron chi connectivity index (χ3n) is 2.77. The van der Waals surface area contributed by atoms with Crippen LogP contribution in [0.1, 0.15) is 31.9 Å². The molecule has 0 heterocycles. The quantitative estimate of drug-likeness (QED) is 0.115. The summed E-state index contributed by atoms with van der Waals surface area (Å²) in [6, 6.07) is 14.9. The maximum Gasteiger partial charge on any atom is 2.00 e. The summed E-state index contributed by atoms with van der Waals surface area (Å²) >= 11 is 0. The van der Waals surface area contributed by atoms with Crippen molar-refractivity contribution in [2.45, 2.75) is 26.3 Å². The average Bonchev–Trinajstić information content (AvgIpc) is 2.46. The van der Waals surface area contributed by atoms with Crippen LogP contribution in [0, 0.1) is 26.7 Å². The van der Waals surface area contributed by atoms with Crippen molar-refractivity contribution in [3.8, 4) is 11.8 Å². The Balaban J connectivity index is -0.000000529. The van der Waals surface area contributed by atoms with Gasteiger partial charge in [-0.25, -0.2) is 0 Å². The Hall–Kier alpha value is -0.743. The van der Waals surface area contributed by atoms with Crippen LogP contribution in [0.2, 0.25) is 0 Å². The second-order valence-corrected chi connectivity index (χ2v) is 5.91. The predicted octanol–water partition coefficient (Wildman–Crippen LogP) is 5.59. The number of hydrogen-bond acceptors (Lipinski definition) is 1. The molecule has 0 amide bonds. The number of nitrogens with zero attached hydrogens (tertiary/aromatic N) is 1. The summed E-state index contributed by atoms with van der Waals surface area (Å²) < 4.78 is 0. The Bertz CT molecular complexity index is 742. The molecule has 0 fully saturated rings. The Morgan fingerprint density at radius 1 is 0.889 bits per heavy atom. The summed E-state index contributed by atoms with van der Waals surface area (Å²) in [4.78, 5) is 4.32. The first-order chi connectivity index (χ1) is 10.5. The van der Waals surface area contributed by atoms with Gasteiger partial charge in [0.15, 0.2) is 0 Å². The second-order valence-electron chi connectivity index (χ2n) is 5.91. The molecule has 2 aromatic rings. The van der Waals surface area contributed by atoms with Crippen LogP contribution < -0.4 is 5.32 Å². The van der Waals surface area contributed by atoms with Gasteiger partial charge >= 0.3 is 40.8 Å². The SMILES string of the molecule is CC(C)(C)N[C-]=Nc1ccccc1C#Cc1ccccc1[NH-].[CH3-].[CH3-].[Pd+2].[Pd+2].[Pd]. The fraction of sp³-hybridized carbons (Fsp3) is 0.190. The number of nitrogens with one attached hydrogen (secondary N) is 2. The molecule has 2 N–H and O–H groups in total. The minimum Gasteiger partial charge on any atom is -0.698 e. The summed E-state index contributed by atoms with van der Waals surface area (Å²) in [6.07, 6.45) is 2.86. The van der Waals surface area contributed by atoms with Gasteiger partial charge in [0.2, 0.25) is 0 Å². The molecule has 0 spiro atoms. The van der Waals surface area contributed by atoms with Crippen LogP contribution in [0.5, 0.6) is 0 Å². The fourth-order valence-electron chi connectivity index (χ4n) is 1.66. The number of para-hydroxylation sites is 1. The van der Waals surface area contributed by atoms with Crippen LogP contribution in [0.4, 0.5) is 11.4 Å². The third kappa shape index (κ3) is 12.4. The number of aliphatic imine (C=N–C) groups is 1. The monoisotopic (exact) mass is 637 g/mol. The van der Waals surface area contributed by atoms with E-state index in [1.54, 1.807) is 6.07 Å². The summed E-state index contributed by atoms with van der Waals surface area (Å²) in [6.45, 7) is 6.14. The van der Waals surface area contributed by atoms with E-state index in [0.29, 0.717) is 11.3 Å². The van der Waals surface area contributed by atoms with Gasteiger partial charge in [0.25, 0.3) is 0 Å². The molecule has 0 aliphatic heterocycles. The van der Waals surface area contributed by atoms with Gasteiger partial charge in [0.1, 0.15) is 0 Å². The zero-order valence-electron chi connectivity index (χ0n) is 16.0. The van der Waals surface area contributed by atoms with Crippen molar-refractivity contribution in [1.82, 2.24) is 5.32 Å². The van der Waals surface area contributed by atoms with Crippen LogP contribution in [-0.4, -0.2) is 11.9 Å². The van der Waals surface area contributed by atoms with Gasteiger partial charge in [-0.15, -0.1) is 11.8 Å². The van der Waals surface area contributed by atoms with Crippen molar-refractivity contribution in [3.05, 3.63) is 80.2 Å². The van der Waals surface area contributed by atoms with Crippen molar-refractivity contribution in [2.24, 2.45) is 4.99 Å². The summed E-state index contributed by atoms with van der Waals surface area (Å²) in [7, 11) is 0. The van der Waals surface area contributed by atoms with Gasteiger partial charge in [-0.3, -0.25) is 0 Å². The van der Waals surface area contributed by atoms with Crippen molar-refractivity contribution >= 4 is 17.7 Å². The fourth-order valence-corrected chi connectivity index (χ4v) is 1.66. The molecule has 27 heavy (non-hydrogen) atoms. The van der Waals surface area contributed by atoms with E-state index in [1.807, 2.05) is 63.2 Å². The molecule has 0 radical (unpaired) electrons. The van der Waals surface area contributed by atoms with Gasteiger partial charge in [-0.2, -0.15) is 0 Å². The molecular weight excluding hydrogens is 614 g/mol. The zero-order chi connectivity index (χ0) is 16.0. The first kappa shape index (κ1) is 33.8. The summed E-state index contributed by atoms with van der Waals surface area (Å²) in [5, 5.41) is 3.09. The Morgan fingerprint density at radius 3 is 1.93 bits per heavy atom. The molecular formula is C21H25N3Pd3. The van der Waals surface area contributed by atoms with E-state index in [4.69, 9.17) is 5.73 Å². The average molecular weight is 639 g/mol. The second kappa shape index (κ2) is 16.2. The standard InChI is InChI=1S/C19H19N3.2CH3.3Pd/c1-19(2,3)22-14-21-18-11-7-5-9-16(18)13-12-15-8-4-6-10-17(15)20;;;;;/h4-11,20H,1-3H3,(H,21,22);2*1H3;;;/q-2;2*-1;;2*+2. The molecule has 154 valence electrons. The molecule has 2 rings (SSSR count). The first-order valence-corrected chi connectivity index (χ1v) is 7.10. The molecule has 0 aromatic heterocycles. The van der Waals surface area contributed by atoms with E-state index in [0.717, 1.165) is 11.3 Å². The molecule has 0 saturated heterocycles. The topological polar surface area (TPSA) is 48.2 Å². The van der Waals surface area contributed by atoms with Crippen LogP contribution in [0.15, 0.2) is 53.5 Å². The zero-order valence-corrected chi connectivity index (χ0v) is 20.7.